The van der Waals surface area contributed by atoms with Crippen molar-refractivity contribution >= 4 is 28.4 Å². The lowest BCUT2D eigenvalue weighted by atomic mass is 10.2. The Kier molecular flexibility index (Phi) is 3.64. The van der Waals surface area contributed by atoms with Gasteiger partial charge in [-0.25, -0.2) is 0 Å². The van der Waals surface area contributed by atoms with Crippen LogP contribution in [0.2, 0.25) is 5.02 Å². The van der Waals surface area contributed by atoms with E-state index in [1.54, 1.807) is 24.4 Å². The van der Waals surface area contributed by atoms with Gasteiger partial charge in [0, 0.05) is 11.6 Å². The van der Waals surface area contributed by atoms with Crippen molar-refractivity contribution in [3.8, 4) is 5.75 Å². The van der Waals surface area contributed by atoms with Crippen molar-refractivity contribution in [2.75, 3.05) is 6.61 Å². The smallest absolute Gasteiger partial charge is 0.237 e. The molecule has 2 aromatic rings. The highest BCUT2D eigenvalue weighted by Gasteiger charge is 2.12. The summed E-state index contributed by atoms with van der Waals surface area (Å²) in [5.74, 6) is -0.0899. The topological polar surface area (TPSA) is 91.2 Å². The van der Waals surface area contributed by atoms with Crippen LogP contribution in [0.1, 0.15) is 0 Å². The minimum Gasteiger partial charge on any atom is -0.489 e. The Morgan fingerprint density at radius 1 is 1.44 bits per heavy atom. The second kappa shape index (κ2) is 5.20. The number of benzene rings is 1. The third-order valence-corrected chi connectivity index (χ3v) is 2.79. The lowest BCUT2D eigenvalue weighted by Crippen LogP contribution is -2.41. The molecule has 1 aromatic heterocycles. The van der Waals surface area contributed by atoms with Crippen LogP contribution in [0.25, 0.3) is 10.9 Å². The molecule has 0 bridgehead atoms. The van der Waals surface area contributed by atoms with Gasteiger partial charge in [-0.1, -0.05) is 11.6 Å². The number of nitrogens with two attached hydrogens (primary N) is 2. The van der Waals surface area contributed by atoms with E-state index in [1.165, 1.54) is 0 Å². The van der Waals surface area contributed by atoms with E-state index in [9.17, 15) is 4.79 Å². The lowest BCUT2D eigenvalue weighted by Gasteiger charge is -2.12. The highest BCUT2D eigenvalue weighted by atomic mass is 35.5. The van der Waals surface area contributed by atoms with E-state index in [0.29, 0.717) is 16.3 Å². The third-order valence-electron chi connectivity index (χ3n) is 2.46. The van der Waals surface area contributed by atoms with Crippen LogP contribution in [0, 0.1) is 0 Å². The molecule has 1 amide bonds. The summed E-state index contributed by atoms with van der Waals surface area (Å²) in [6.07, 6.45) is 1.64. The molecule has 0 aliphatic rings. The maximum Gasteiger partial charge on any atom is 0.237 e. The van der Waals surface area contributed by atoms with Crippen LogP contribution in [-0.4, -0.2) is 23.5 Å². The molecule has 5 nitrogen and oxygen atoms in total. The predicted octanol–water partition coefficient (Wildman–Crippen LogP) is 1.08. The van der Waals surface area contributed by atoms with E-state index in [1.807, 2.05) is 6.07 Å². The quantitative estimate of drug-likeness (QED) is 0.865. The van der Waals surface area contributed by atoms with Crippen LogP contribution in [0.5, 0.6) is 5.75 Å². The molecule has 2 rings (SSSR count). The van der Waals surface area contributed by atoms with Crippen molar-refractivity contribution < 1.29 is 9.53 Å². The number of carbonyl (C=O) groups excluding carboxylic acids is 1. The number of aromatic nitrogens is 1. The summed E-state index contributed by atoms with van der Waals surface area (Å²) in [7, 11) is 0. The zero-order chi connectivity index (χ0) is 13.1. The monoisotopic (exact) mass is 265 g/mol. The first-order valence-electron chi connectivity index (χ1n) is 5.30. The van der Waals surface area contributed by atoms with Gasteiger partial charge in [0.15, 0.2) is 0 Å². The summed E-state index contributed by atoms with van der Waals surface area (Å²) in [6, 6.07) is 6.17. The summed E-state index contributed by atoms with van der Waals surface area (Å²) < 4.78 is 5.45. The van der Waals surface area contributed by atoms with E-state index in [2.05, 4.69) is 4.98 Å². The number of rotatable bonds is 4. The van der Waals surface area contributed by atoms with Gasteiger partial charge in [-0.2, -0.15) is 0 Å². The summed E-state index contributed by atoms with van der Waals surface area (Å²) in [5, 5.41) is 1.37. The number of hydrogen-bond donors (Lipinski definition) is 2. The molecular weight excluding hydrogens is 254 g/mol. The van der Waals surface area contributed by atoms with Gasteiger partial charge < -0.3 is 16.2 Å². The fourth-order valence-electron chi connectivity index (χ4n) is 1.49. The zero-order valence-corrected chi connectivity index (χ0v) is 10.2. The van der Waals surface area contributed by atoms with E-state index in [0.717, 1.165) is 5.39 Å². The minimum atomic E-state index is -0.848. The largest absolute Gasteiger partial charge is 0.489 e. The molecule has 0 spiro atoms. The fourth-order valence-corrected chi connectivity index (χ4v) is 1.71. The van der Waals surface area contributed by atoms with Crippen LogP contribution in [0.15, 0.2) is 30.5 Å². The van der Waals surface area contributed by atoms with Gasteiger partial charge >= 0.3 is 0 Å². The molecule has 0 saturated carbocycles. The number of pyridine rings is 1. The number of carbonyl (C=O) groups is 1. The Morgan fingerprint density at radius 2 is 2.22 bits per heavy atom. The average molecular weight is 266 g/mol. The molecule has 18 heavy (non-hydrogen) atoms. The van der Waals surface area contributed by atoms with Gasteiger partial charge in [0.05, 0.1) is 5.02 Å². The summed E-state index contributed by atoms with van der Waals surface area (Å²) in [6.45, 7) is 0.00262. The molecular formula is C12H12ClN3O2. The number of primary amides is 1. The Labute approximate surface area is 109 Å². The molecule has 0 saturated heterocycles. The maximum atomic E-state index is 10.8. The molecule has 0 fully saturated rings. The van der Waals surface area contributed by atoms with Crippen molar-refractivity contribution in [1.29, 1.82) is 0 Å². The van der Waals surface area contributed by atoms with E-state index in [4.69, 9.17) is 27.8 Å². The van der Waals surface area contributed by atoms with Crippen molar-refractivity contribution in [1.82, 2.24) is 4.98 Å². The molecule has 0 radical (unpaired) electrons. The van der Waals surface area contributed by atoms with Crippen LogP contribution < -0.4 is 16.2 Å². The Bertz CT molecular complexity index is 589. The van der Waals surface area contributed by atoms with Gasteiger partial charge in [-0.3, -0.25) is 9.78 Å². The third kappa shape index (κ3) is 2.52. The van der Waals surface area contributed by atoms with Gasteiger partial charge in [-0.15, -0.1) is 0 Å². The molecule has 1 heterocycles. The molecule has 94 valence electrons. The average Bonchev–Trinajstić information content (AvgIpc) is 2.38. The van der Waals surface area contributed by atoms with Crippen molar-refractivity contribution in [2.24, 2.45) is 11.5 Å². The standard InChI is InChI=1S/C12H12ClN3O2/c13-8-3-4-10(18-6-9(14)12(15)17)11-7(8)2-1-5-16-11/h1-5,9H,6,14H2,(H2,15,17). The number of halogens is 1. The number of fused-ring (bicyclic) bond motifs is 1. The minimum absolute atomic E-state index is 0.00262. The molecule has 1 atom stereocenters. The highest BCUT2D eigenvalue weighted by Crippen LogP contribution is 2.29. The van der Waals surface area contributed by atoms with Crippen molar-refractivity contribution in [3.63, 3.8) is 0 Å². The second-order valence-electron chi connectivity index (χ2n) is 3.76. The van der Waals surface area contributed by atoms with Crippen LogP contribution in [0.4, 0.5) is 0 Å². The molecule has 0 aliphatic heterocycles. The Hall–Kier alpha value is -1.85. The maximum absolute atomic E-state index is 10.8. The second-order valence-corrected chi connectivity index (χ2v) is 4.17. The van der Waals surface area contributed by atoms with E-state index in [-0.39, 0.29) is 6.61 Å². The van der Waals surface area contributed by atoms with Gasteiger partial charge in [0.25, 0.3) is 0 Å². The van der Waals surface area contributed by atoms with Crippen LogP contribution in [0.3, 0.4) is 0 Å². The molecule has 1 aromatic carbocycles. The summed E-state index contributed by atoms with van der Waals surface area (Å²) in [5.41, 5.74) is 11.2. The Morgan fingerprint density at radius 3 is 2.94 bits per heavy atom. The van der Waals surface area contributed by atoms with E-state index >= 15 is 0 Å². The lowest BCUT2D eigenvalue weighted by molar-refractivity contribution is -0.119. The molecule has 1 unspecified atom stereocenters. The Balaban J connectivity index is 2.29. The molecule has 6 heteroatoms. The first-order chi connectivity index (χ1) is 8.59. The number of nitrogens with zero attached hydrogens (tertiary/aromatic N) is 1. The van der Waals surface area contributed by atoms with E-state index < -0.39 is 11.9 Å². The number of ether oxygens (including phenoxy) is 1. The van der Waals surface area contributed by atoms with Crippen molar-refractivity contribution in [3.05, 3.63) is 35.5 Å². The van der Waals surface area contributed by atoms with Gasteiger partial charge in [-0.05, 0) is 24.3 Å². The first kappa shape index (κ1) is 12.6. The predicted molar refractivity (Wildman–Crippen MR) is 69.4 cm³/mol. The molecule has 4 N–H and O–H groups in total. The zero-order valence-electron chi connectivity index (χ0n) is 9.47. The van der Waals surface area contributed by atoms with Crippen molar-refractivity contribution in [2.45, 2.75) is 6.04 Å². The number of hydrogen-bond acceptors (Lipinski definition) is 4. The molecule has 0 aliphatic carbocycles. The van der Waals surface area contributed by atoms with Gasteiger partial charge in [0.2, 0.25) is 5.91 Å². The van der Waals surface area contributed by atoms with Crippen LogP contribution >= 0.6 is 11.6 Å². The van der Waals surface area contributed by atoms with Gasteiger partial charge in [0.1, 0.15) is 23.9 Å². The highest BCUT2D eigenvalue weighted by molar-refractivity contribution is 6.35. The first-order valence-corrected chi connectivity index (χ1v) is 5.68. The normalized spacial score (nSPS) is 12.3. The number of amides is 1. The fraction of sp³-hybridized carbons (Fsp3) is 0.167. The SMILES string of the molecule is NC(=O)C(N)COc1ccc(Cl)c2cccnc12. The van der Waals surface area contributed by atoms with Crippen LogP contribution in [-0.2, 0) is 4.79 Å². The summed E-state index contributed by atoms with van der Waals surface area (Å²) >= 11 is 6.05. The summed E-state index contributed by atoms with van der Waals surface area (Å²) in [4.78, 5) is 15.0.